The van der Waals surface area contributed by atoms with Crippen molar-refractivity contribution in [2.75, 3.05) is 0 Å². The quantitative estimate of drug-likeness (QED) is 0.359. The molecule has 3 heteroatoms. The lowest BCUT2D eigenvalue weighted by Gasteiger charge is -2.24. The van der Waals surface area contributed by atoms with Crippen LogP contribution in [0.25, 0.3) is 32.9 Å². The van der Waals surface area contributed by atoms with E-state index in [9.17, 15) is 0 Å². The van der Waals surface area contributed by atoms with Crippen LogP contribution in [0, 0.1) is 13.8 Å². The average Bonchev–Trinajstić information content (AvgIpc) is 2.67. The van der Waals surface area contributed by atoms with Crippen molar-refractivity contribution in [1.29, 1.82) is 0 Å². The molecule has 1 aliphatic rings. The number of nitrogens with zero attached hydrogens (tertiary/aromatic N) is 2. The van der Waals surface area contributed by atoms with E-state index in [2.05, 4.69) is 74.8 Å². The van der Waals surface area contributed by atoms with Crippen molar-refractivity contribution in [1.82, 2.24) is 4.98 Å². The van der Waals surface area contributed by atoms with Crippen molar-refractivity contribution in [3.05, 3.63) is 59.4 Å². The monoisotopic (exact) mass is 355 g/mol. The molecule has 3 heterocycles. The first-order valence-electron chi connectivity index (χ1n) is 9.49. The van der Waals surface area contributed by atoms with Crippen LogP contribution in [-0.2, 0) is 7.05 Å². The van der Waals surface area contributed by atoms with E-state index in [-0.39, 0.29) is 0 Å². The van der Waals surface area contributed by atoms with Crippen LogP contribution in [0.4, 0.5) is 0 Å². The third-order valence-electron chi connectivity index (χ3n) is 5.85. The number of pyridine rings is 2. The topological polar surface area (TPSA) is 26.0 Å². The highest BCUT2D eigenvalue weighted by molar-refractivity contribution is 6.06. The minimum absolute atomic E-state index is 0.453. The fraction of sp³-hybridized carbons (Fsp3) is 0.250. The summed E-state index contributed by atoms with van der Waals surface area (Å²) in [5.41, 5.74) is 7.06. The van der Waals surface area contributed by atoms with Gasteiger partial charge < -0.3 is 4.74 Å². The summed E-state index contributed by atoms with van der Waals surface area (Å²) >= 11 is 0. The molecule has 0 atom stereocenters. The van der Waals surface area contributed by atoms with Crippen molar-refractivity contribution < 1.29 is 9.30 Å². The van der Waals surface area contributed by atoms with Crippen molar-refractivity contribution >= 4 is 21.7 Å². The number of benzene rings is 2. The summed E-state index contributed by atoms with van der Waals surface area (Å²) in [6, 6.07) is 10.9. The van der Waals surface area contributed by atoms with Gasteiger partial charge in [-0.05, 0) is 48.4 Å². The van der Waals surface area contributed by atoms with Gasteiger partial charge in [0, 0.05) is 23.2 Å². The summed E-state index contributed by atoms with van der Waals surface area (Å²) < 4.78 is 8.78. The van der Waals surface area contributed by atoms with Gasteiger partial charge in [0.1, 0.15) is 18.5 Å². The van der Waals surface area contributed by atoms with E-state index in [0.29, 0.717) is 5.92 Å². The Labute approximate surface area is 159 Å². The third-order valence-corrected chi connectivity index (χ3v) is 5.85. The summed E-state index contributed by atoms with van der Waals surface area (Å²) in [5, 5.41) is 3.62. The van der Waals surface area contributed by atoms with Crippen LogP contribution in [0.15, 0.2) is 42.7 Å². The first-order valence-corrected chi connectivity index (χ1v) is 9.49. The Balaban J connectivity index is 1.98. The van der Waals surface area contributed by atoms with E-state index in [4.69, 9.17) is 4.74 Å². The van der Waals surface area contributed by atoms with E-state index >= 15 is 0 Å². The van der Waals surface area contributed by atoms with Crippen molar-refractivity contribution in [3.63, 3.8) is 0 Å². The van der Waals surface area contributed by atoms with Crippen LogP contribution in [0.1, 0.15) is 36.5 Å². The number of aryl methyl sites for hydroxylation is 3. The average molecular weight is 355 g/mol. The van der Waals surface area contributed by atoms with Gasteiger partial charge in [0.15, 0.2) is 6.20 Å². The molecule has 0 spiro atoms. The maximum atomic E-state index is 6.56. The van der Waals surface area contributed by atoms with Gasteiger partial charge in [-0.3, -0.25) is 4.98 Å². The van der Waals surface area contributed by atoms with E-state index < -0.39 is 0 Å². The second-order valence-corrected chi connectivity index (χ2v) is 7.87. The molecule has 5 rings (SSSR count). The molecule has 27 heavy (non-hydrogen) atoms. The largest absolute Gasteiger partial charge is 0.455 e. The highest BCUT2D eigenvalue weighted by atomic mass is 16.5. The van der Waals surface area contributed by atoms with Crippen LogP contribution >= 0.6 is 0 Å². The molecular formula is C24H23N2O+. The molecule has 0 saturated carbocycles. The second-order valence-electron chi connectivity index (χ2n) is 7.87. The molecule has 134 valence electrons. The summed E-state index contributed by atoms with van der Waals surface area (Å²) in [4.78, 5) is 4.64. The van der Waals surface area contributed by atoms with Crippen molar-refractivity contribution in [2.24, 2.45) is 7.05 Å². The predicted molar refractivity (Wildman–Crippen MR) is 109 cm³/mol. The fourth-order valence-corrected chi connectivity index (χ4v) is 4.33. The zero-order valence-electron chi connectivity index (χ0n) is 16.4. The van der Waals surface area contributed by atoms with E-state index in [1.54, 1.807) is 0 Å². The summed E-state index contributed by atoms with van der Waals surface area (Å²) in [6.07, 6.45) is 4.01. The zero-order chi connectivity index (χ0) is 18.9. The Hall–Kier alpha value is -2.94. The normalized spacial score (nSPS) is 12.5. The lowest BCUT2D eigenvalue weighted by atomic mass is 9.89. The number of hydrogen-bond acceptors (Lipinski definition) is 2. The highest BCUT2D eigenvalue weighted by Crippen LogP contribution is 2.50. The molecule has 0 bridgehead atoms. The number of rotatable bonds is 1. The molecule has 3 nitrogen and oxygen atoms in total. The van der Waals surface area contributed by atoms with Gasteiger partial charge in [-0.1, -0.05) is 26.0 Å². The molecule has 0 saturated heterocycles. The maximum Gasteiger partial charge on any atom is 0.228 e. The molecule has 1 aliphatic heterocycles. The summed E-state index contributed by atoms with van der Waals surface area (Å²) in [6.45, 7) is 8.74. The Kier molecular flexibility index (Phi) is 3.33. The minimum atomic E-state index is 0.453. The first-order chi connectivity index (χ1) is 13.0. The van der Waals surface area contributed by atoms with Crippen molar-refractivity contribution in [3.8, 4) is 22.8 Å². The van der Waals surface area contributed by atoms with E-state index in [1.807, 2.05) is 12.3 Å². The van der Waals surface area contributed by atoms with Crippen LogP contribution in [0.5, 0.6) is 11.5 Å². The van der Waals surface area contributed by atoms with Crippen LogP contribution < -0.4 is 9.30 Å². The van der Waals surface area contributed by atoms with Gasteiger partial charge in [0.2, 0.25) is 5.69 Å². The number of hydrogen-bond donors (Lipinski definition) is 0. The summed E-state index contributed by atoms with van der Waals surface area (Å²) in [7, 11) is 2.12. The van der Waals surface area contributed by atoms with Crippen molar-refractivity contribution in [2.45, 2.75) is 33.6 Å². The minimum Gasteiger partial charge on any atom is -0.455 e. The molecule has 0 aliphatic carbocycles. The lowest BCUT2D eigenvalue weighted by Crippen LogP contribution is -2.32. The number of fused-ring (bicyclic) bond motifs is 3. The first kappa shape index (κ1) is 16.2. The number of ether oxygens (including phenoxy) is 1. The molecule has 4 aromatic rings. The van der Waals surface area contributed by atoms with Gasteiger partial charge in [-0.2, -0.15) is 0 Å². The standard InChI is InChI=1S/C24H23N2O/c1-13(2)17-11-16-8-10-26(5)23-20-14(3)18-7-6-9-25-22(18)15(4)24(20)27-19(12-17)21(16)23/h6-13H,1-5H3/q+1. The third kappa shape index (κ3) is 2.14. The molecule has 0 unspecified atom stereocenters. The zero-order valence-corrected chi connectivity index (χ0v) is 16.4. The predicted octanol–water partition coefficient (Wildman–Crippen LogP) is 5.73. The van der Waals surface area contributed by atoms with Crippen LogP contribution in [-0.4, -0.2) is 4.98 Å². The summed E-state index contributed by atoms with van der Waals surface area (Å²) in [5.74, 6) is 2.34. The Morgan fingerprint density at radius 1 is 1.07 bits per heavy atom. The Morgan fingerprint density at radius 2 is 1.89 bits per heavy atom. The molecule has 0 amide bonds. The van der Waals surface area contributed by atoms with E-state index in [1.165, 1.54) is 38.5 Å². The van der Waals surface area contributed by atoms with E-state index in [0.717, 1.165) is 22.6 Å². The molecule has 2 aromatic carbocycles. The second kappa shape index (κ2) is 5.53. The lowest BCUT2D eigenvalue weighted by molar-refractivity contribution is -0.659. The number of aromatic nitrogens is 2. The smallest absolute Gasteiger partial charge is 0.228 e. The van der Waals surface area contributed by atoms with Gasteiger partial charge >= 0.3 is 0 Å². The van der Waals surface area contributed by atoms with Gasteiger partial charge in [0.25, 0.3) is 0 Å². The van der Waals surface area contributed by atoms with Crippen LogP contribution in [0.2, 0.25) is 0 Å². The highest BCUT2D eigenvalue weighted by Gasteiger charge is 2.32. The molecule has 0 radical (unpaired) electrons. The molecule has 2 aromatic heterocycles. The van der Waals surface area contributed by atoms with Gasteiger partial charge in [0.05, 0.1) is 16.5 Å². The molecule has 0 fully saturated rings. The SMILES string of the molecule is Cc1c2c(c(C)c3ncccc13)Oc1cc(C(C)C)cc3cc[n+](C)c-2c13. The van der Waals surface area contributed by atoms with Gasteiger partial charge in [-0.25, -0.2) is 4.57 Å². The molecule has 0 N–H and O–H groups in total. The molecular weight excluding hydrogens is 332 g/mol. The fourth-order valence-electron chi connectivity index (χ4n) is 4.33. The maximum absolute atomic E-state index is 6.56. The van der Waals surface area contributed by atoms with Gasteiger partial charge in [-0.15, -0.1) is 0 Å². The Morgan fingerprint density at radius 3 is 2.67 bits per heavy atom. The Bertz CT molecular complexity index is 1250. The van der Waals surface area contributed by atoms with Crippen LogP contribution in [0.3, 0.4) is 0 Å².